The first-order valence-corrected chi connectivity index (χ1v) is 8.59. The van der Waals surface area contributed by atoms with Crippen LogP contribution >= 0.6 is 12.4 Å². The lowest BCUT2D eigenvalue weighted by Gasteiger charge is -2.13. The Balaban J connectivity index is 0.00000261. The third-order valence-corrected chi connectivity index (χ3v) is 4.36. The number of likely N-dealkylation sites (N-methyl/N-ethyl adjacent to an activating group) is 1. The van der Waals surface area contributed by atoms with Gasteiger partial charge in [0.25, 0.3) is 17.7 Å². The highest BCUT2D eigenvalue weighted by Crippen LogP contribution is 2.24. The summed E-state index contributed by atoms with van der Waals surface area (Å²) in [6.07, 6.45) is 0.601. The van der Waals surface area contributed by atoms with Crippen LogP contribution in [0.5, 0.6) is 0 Å². The van der Waals surface area contributed by atoms with Gasteiger partial charge in [0.1, 0.15) is 0 Å². The van der Waals surface area contributed by atoms with Crippen LogP contribution in [0.1, 0.15) is 36.6 Å². The topological polar surface area (TPSA) is 78.5 Å². The first kappa shape index (κ1) is 20.6. The molecule has 7 heteroatoms. The predicted molar refractivity (Wildman–Crippen MR) is 105 cm³/mol. The standard InChI is InChI=1S/C20H21N3O3.ClH/c1-21-10-11-22-18(24)15-7-8-16-17(13-15)20(26)23(19(16)25)12-9-14-5-3-2-4-6-14;/h2-8,13,21H,9-12H2,1H3,(H,22,24);1H. The van der Waals surface area contributed by atoms with E-state index in [0.717, 1.165) is 5.56 Å². The molecule has 27 heavy (non-hydrogen) atoms. The molecule has 0 atom stereocenters. The lowest BCUT2D eigenvalue weighted by Crippen LogP contribution is -2.31. The Morgan fingerprint density at radius 3 is 2.37 bits per heavy atom. The molecule has 1 aliphatic rings. The summed E-state index contributed by atoms with van der Waals surface area (Å²) in [5.41, 5.74) is 2.10. The average molecular weight is 388 g/mol. The van der Waals surface area contributed by atoms with Gasteiger partial charge in [-0.2, -0.15) is 0 Å². The molecule has 2 aromatic carbocycles. The Morgan fingerprint density at radius 1 is 0.963 bits per heavy atom. The van der Waals surface area contributed by atoms with Crippen LogP contribution in [0.2, 0.25) is 0 Å². The van der Waals surface area contributed by atoms with Gasteiger partial charge in [0.15, 0.2) is 0 Å². The smallest absolute Gasteiger partial charge is 0.261 e. The molecule has 3 amide bonds. The summed E-state index contributed by atoms with van der Waals surface area (Å²) in [5, 5.41) is 5.71. The molecule has 0 aliphatic carbocycles. The predicted octanol–water partition coefficient (Wildman–Crippen LogP) is 1.90. The molecule has 0 unspecified atom stereocenters. The molecule has 0 fully saturated rings. The minimum atomic E-state index is -0.342. The fourth-order valence-electron chi connectivity index (χ4n) is 2.92. The largest absolute Gasteiger partial charge is 0.351 e. The van der Waals surface area contributed by atoms with Crippen LogP contribution in [0.15, 0.2) is 48.5 Å². The number of carbonyl (C=O) groups is 3. The molecule has 0 aromatic heterocycles. The third kappa shape index (κ3) is 4.53. The number of amides is 3. The van der Waals surface area contributed by atoms with Gasteiger partial charge in [-0.25, -0.2) is 0 Å². The number of benzene rings is 2. The minimum Gasteiger partial charge on any atom is -0.351 e. The van der Waals surface area contributed by atoms with E-state index in [2.05, 4.69) is 10.6 Å². The maximum absolute atomic E-state index is 12.6. The molecule has 142 valence electrons. The summed E-state index contributed by atoms with van der Waals surface area (Å²) >= 11 is 0. The van der Waals surface area contributed by atoms with E-state index in [-0.39, 0.29) is 30.1 Å². The molecule has 0 radical (unpaired) electrons. The van der Waals surface area contributed by atoms with Crippen LogP contribution in [0.3, 0.4) is 0 Å². The number of rotatable bonds is 7. The molecule has 0 bridgehead atoms. The van der Waals surface area contributed by atoms with E-state index in [1.54, 1.807) is 19.2 Å². The molecule has 3 rings (SSSR count). The number of carbonyl (C=O) groups excluding carboxylic acids is 3. The number of nitrogens with zero attached hydrogens (tertiary/aromatic N) is 1. The van der Waals surface area contributed by atoms with Crippen LogP contribution < -0.4 is 10.6 Å². The van der Waals surface area contributed by atoms with Crippen LogP contribution in [0, 0.1) is 0 Å². The Labute approximate surface area is 164 Å². The van der Waals surface area contributed by atoms with Crippen molar-refractivity contribution >= 4 is 30.1 Å². The number of halogens is 1. The number of hydrogen-bond acceptors (Lipinski definition) is 4. The van der Waals surface area contributed by atoms with Crippen LogP contribution in [0.4, 0.5) is 0 Å². The van der Waals surface area contributed by atoms with Crippen molar-refractivity contribution in [2.45, 2.75) is 6.42 Å². The summed E-state index contributed by atoms with van der Waals surface area (Å²) < 4.78 is 0. The Morgan fingerprint density at radius 2 is 1.67 bits per heavy atom. The number of nitrogens with one attached hydrogen (secondary N) is 2. The SMILES string of the molecule is CNCCNC(=O)c1ccc2c(c1)C(=O)N(CCc1ccccc1)C2=O.Cl. The summed E-state index contributed by atoms with van der Waals surface area (Å²) in [6.45, 7) is 1.46. The molecule has 1 aliphatic heterocycles. The van der Waals surface area contributed by atoms with Crippen LogP contribution in [0.25, 0.3) is 0 Å². The van der Waals surface area contributed by atoms with Gasteiger partial charge >= 0.3 is 0 Å². The quantitative estimate of drug-likeness (QED) is 0.561. The van der Waals surface area contributed by atoms with Crippen LogP contribution in [-0.4, -0.2) is 49.3 Å². The van der Waals surface area contributed by atoms with Gasteiger partial charge in [0.05, 0.1) is 11.1 Å². The summed E-state index contributed by atoms with van der Waals surface area (Å²) in [4.78, 5) is 38.5. The van der Waals surface area contributed by atoms with Gasteiger partial charge in [-0.3, -0.25) is 19.3 Å². The molecule has 1 heterocycles. The van der Waals surface area contributed by atoms with Crippen LogP contribution in [-0.2, 0) is 6.42 Å². The first-order valence-electron chi connectivity index (χ1n) is 8.59. The monoisotopic (exact) mass is 387 g/mol. The van der Waals surface area contributed by atoms with E-state index in [1.807, 2.05) is 30.3 Å². The molecule has 2 aromatic rings. The lowest BCUT2D eigenvalue weighted by atomic mass is 10.1. The van der Waals surface area contributed by atoms with Crippen molar-refractivity contribution in [2.75, 3.05) is 26.7 Å². The van der Waals surface area contributed by atoms with Crippen molar-refractivity contribution in [2.24, 2.45) is 0 Å². The van der Waals surface area contributed by atoms with Crippen molar-refractivity contribution in [3.63, 3.8) is 0 Å². The molecular weight excluding hydrogens is 366 g/mol. The van der Waals surface area contributed by atoms with Gasteiger partial charge < -0.3 is 10.6 Å². The van der Waals surface area contributed by atoms with E-state index in [4.69, 9.17) is 0 Å². The maximum atomic E-state index is 12.6. The minimum absolute atomic E-state index is 0. The summed E-state index contributed by atoms with van der Waals surface area (Å²) in [7, 11) is 1.80. The van der Waals surface area contributed by atoms with Gasteiger partial charge in [0, 0.05) is 25.2 Å². The zero-order valence-electron chi connectivity index (χ0n) is 15.0. The second kappa shape index (κ2) is 9.30. The summed E-state index contributed by atoms with van der Waals surface area (Å²) in [5.74, 6) is -0.903. The molecule has 6 nitrogen and oxygen atoms in total. The van der Waals surface area contributed by atoms with E-state index in [9.17, 15) is 14.4 Å². The fraction of sp³-hybridized carbons (Fsp3) is 0.250. The zero-order valence-corrected chi connectivity index (χ0v) is 15.8. The van der Waals surface area contributed by atoms with Crippen molar-refractivity contribution in [3.05, 3.63) is 70.8 Å². The number of fused-ring (bicyclic) bond motifs is 1. The average Bonchev–Trinajstić information content (AvgIpc) is 2.91. The number of hydrogen-bond donors (Lipinski definition) is 2. The molecular formula is C20H22ClN3O3. The number of imide groups is 1. The lowest BCUT2D eigenvalue weighted by molar-refractivity contribution is 0.0656. The molecule has 0 saturated carbocycles. The van der Waals surface area contributed by atoms with Gasteiger partial charge in [-0.15, -0.1) is 12.4 Å². The normalized spacial score (nSPS) is 12.6. The molecule has 2 N–H and O–H groups in total. The molecule has 0 spiro atoms. The Bertz CT molecular complexity index is 840. The van der Waals surface area contributed by atoms with Crippen molar-refractivity contribution in [1.29, 1.82) is 0 Å². The van der Waals surface area contributed by atoms with Crippen molar-refractivity contribution in [1.82, 2.24) is 15.5 Å². The summed E-state index contributed by atoms with van der Waals surface area (Å²) in [6, 6.07) is 14.4. The highest BCUT2D eigenvalue weighted by molar-refractivity contribution is 6.22. The third-order valence-electron chi connectivity index (χ3n) is 4.36. The highest BCUT2D eigenvalue weighted by Gasteiger charge is 2.35. The zero-order chi connectivity index (χ0) is 18.5. The fourth-order valence-corrected chi connectivity index (χ4v) is 2.92. The Hall–Kier alpha value is -2.70. The highest BCUT2D eigenvalue weighted by atomic mass is 35.5. The second-order valence-corrected chi connectivity index (χ2v) is 6.12. The second-order valence-electron chi connectivity index (χ2n) is 6.12. The van der Waals surface area contributed by atoms with Gasteiger partial charge in [-0.1, -0.05) is 30.3 Å². The van der Waals surface area contributed by atoms with E-state index in [1.165, 1.54) is 11.0 Å². The van der Waals surface area contributed by atoms with E-state index < -0.39 is 0 Å². The van der Waals surface area contributed by atoms with Gasteiger partial charge in [-0.05, 0) is 37.2 Å². The van der Waals surface area contributed by atoms with Gasteiger partial charge in [0.2, 0.25) is 0 Å². The van der Waals surface area contributed by atoms with Crippen molar-refractivity contribution in [3.8, 4) is 0 Å². The Kier molecular flexibility index (Phi) is 7.10. The van der Waals surface area contributed by atoms with Crippen molar-refractivity contribution < 1.29 is 14.4 Å². The first-order chi connectivity index (χ1) is 12.6. The molecule has 0 saturated heterocycles. The maximum Gasteiger partial charge on any atom is 0.261 e. The van der Waals surface area contributed by atoms with E-state index >= 15 is 0 Å². The van der Waals surface area contributed by atoms with E-state index in [0.29, 0.717) is 42.7 Å².